The lowest BCUT2D eigenvalue weighted by Crippen LogP contribution is -2.19. The molecule has 2 nitrogen and oxygen atoms in total. The Kier molecular flexibility index (Phi) is 3.52. The van der Waals surface area contributed by atoms with Crippen molar-refractivity contribution >= 4 is 34.2 Å². The molecule has 0 aliphatic carbocycles. The Morgan fingerprint density at radius 1 is 1.67 bits per heavy atom. The van der Waals surface area contributed by atoms with Crippen molar-refractivity contribution in [1.29, 1.82) is 0 Å². The van der Waals surface area contributed by atoms with Gasteiger partial charge < -0.3 is 5.32 Å². The lowest BCUT2D eigenvalue weighted by atomic mass is 10.3. The second kappa shape index (κ2) is 4.45. The highest BCUT2D eigenvalue weighted by Crippen LogP contribution is 2.07. The average Bonchev–Trinajstić information content (AvgIpc) is 2.06. The fraction of sp³-hybridized carbons (Fsp3) is 0.222. The van der Waals surface area contributed by atoms with Gasteiger partial charge in [0.1, 0.15) is 0 Å². The molecule has 0 bridgehead atoms. The molecule has 3 heteroatoms. The van der Waals surface area contributed by atoms with Crippen molar-refractivity contribution in [3.05, 3.63) is 30.3 Å². The highest BCUT2D eigenvalue weighted by atomic mass is 127. The summed E-state index contributed by atoms with van der Waals surface area (Å²) in [6.07, 6.45) is 0. The first kappa shape index (κ1) is 9.51. The van der Waals surface area contributed by atoms with Gasteiger partial charge in [0.05, 0.1) is 3.92 Å². The van der Waals surface area contributed by atoms with Crippen LogP contribution in [0.5, 0.6) is 0 Å². The molecule has 1 amide bonds. The maximum Gasteiger partial charge on any atom is 0.237 e. The summed E-state index contributed by atoms with van der Waals surface area (Å²) >= 11 is 2.07. The summed E-state index contributed by atoms with van der Waals surface area (Å²) in [4.78, 5) is 11.2. The molecule has 1 aromatic rings. The summed E-state index contributed by atoms with van der Waals surface area (Å²) in [6, 6.07) is 10.2. The first-order valence-electron chi connectivity index (χ1n) is 3.62. The molecule has 1 atom stereocenters. The predicted octanol–water partition coefficient (Wildman–Crippen LogP) is 2.25. The van der Waals surface area contributed by atoms with E-state index in [-0.39, 0.29) is 9.83 Å². The van der Waals surface area contributed by atoms with E-state index in [1.165, 1.54) is 0 Å². The number of nitrogens with one attached hydrogen (secondary N) is 1. The molecule has 1 radical (unpaired) electrons. The fourth-order valence-corrected chi connectivity index (χ4v) is 0.859. The Morgan fingerprint density at radius 3 is 2.92 bits per heavy atom. The highest BCUT2D eigenvalue weighted by molar-refractivity contribution is 14.1. The topological polar surface area (TPSA) is 29.1 Å². The van der Waals surface area contributed by atoms with E-state index in [1.807, 2.05) is 25.1 Å². The molecule has 0 aromatic heterocycles. The quantitative estimate of drug-likeness (QED) is 0.650. The zero-order chi connectivity index (χ0) is 8.97. The minimum Gasteiger partial charge on any atom is -0.325 e. The third-order valence-electron chi connectivity index (χ3n) is 1.33. The Morgan fingerprint density at radius 2 is 2.42 bits per heavy atom. The summed E-state index contributed by atoms with van der Waals surface area (Å²) in [5.41, 5.74) is 0.728. The lowest BCUT2D eigenvalue weighted by molar-refractivity contribution is -0.115. The van der Waals surface area contributed by atoms with Crippen LogP contribution in [0, 0.1) is 6.07 Å². The zero-order valence-corrected chi connectivity index (χ0v) is 8.83. The standard InChI is InChI=1S/C9H9INO/c1-7(10)9(12)11-8-5-3-2-4-6-8/h2-5,7H,1H3,(H,11,12). The molecule has 0 spiro atoms. The van der Waals surface area contributed by atoms with E-state index < -0.39 is 0 Å². The van der Waals surface area contributed by atoms with Crippen LogP contribution in [-0.4, -0.2) is 9.83 Å². The van der Waals surface area contributed by atoms with Crippen LogP contribution in [0.1, 0.15) is 6.92 Å². The third-order valence-corrected chi connectivity index (χ3v) is 1.89. The summed E-state index contributed by atoms with van der Waals surface area (Å²) in [7, 11) is 0. The molecule has 1 N–H and O–H groups in total. The zero-order valence-electron chi connectivity index (χ0n) is 6.67. The van der Waals surface area contributed by atoms with Gasteiger partial charge in [-0.15, -0.1) is 0 Å². The van der Waals surface area contributed by atoms with Gasteiger partial charge in [-0.05, 0) is 13.0 Å². The number of para-hydroxylation sites is 1. The van der Waals surface area contributed by atoms with Gasteiger partial charge in [-0.3, -0.25) is 4.79 Å². The van der Waals surface area contributed by atoms with Gasteiger partial charge in [-0.25, -0.2) is 0 Å². The van der Waals surface area contributed by atoms with Crippen molar-refractivity contribution in [3.63, 3.8) is 0 Å². The maximum atomic E-state index is 11.2. The molecule has 0 fully saturated rings. The second-order valence-electron chi connectivity index (χ2n) is 2.38. The van der Waals surface area contributed by atoms with Crippen molar-refractivity contribution in [3.8, 4) is 0 Å². The van der Waals surface area contributed by atoms with Crippen LogP contribution >= 0.6 is 22.6 Å². The van der Waals surface area contributed by atoms with E-state index in [9.17, 15) is 4.79 Å². The number of benzene rings is 1. The monoisotopic (exact) mass is 274 g/mol. The summed E-state index contributed by atoms with van der Waals surface area (Å²) in [6.45, 7) is 1.85. The fourth-order valence-electron chi connectivity index (χ4n) is 0.703. The first-order valence-corrected chi connectivity index (χ1v) is 4.86. The molecule has 1 aromatic carbocycles. The van der Waals surface area contributed by atoms with Crippen LogP contribution in [-0.2, 0) is 4.79 Å². The van der Waals surface area contributed by atoms with E-state index in [1.54, 1.807) is 6.07 Å². The van der Waals surface area contributed by atoms with Gasteiger partial charge in [0.25, 0.3) is 0 Å². The van der Waals surface area contributed by atoms with E-state index >= 15 is 0 Å². The summed E-state index contributed by atoms with van der Waals surface area (Å²) < 4.78 is -0.0174. The van der Waals surface area contributed by atoms with Crippen molar-refractivity contribution in [1.82, 2.24) is 0 Å². The number of anilines is 1. The Hall–Kier alpha value is -0.580. The number of amides is 1. The molecule has 0 saturated carbocycles. The molecular formula is C9H9INO. The van der Waals surface area contributed by atoms with Crippen LogP contribution < -0.4 is 5.32 Å². The second-order valence-corrected chi connectivity index (χ2v) is 4.25. The van der Waals surface area contributed by atoms with Crippen LogP contribution in [0.3, 0.4) is 0 Å². The van der Waals surface area contributed by atoms with Crippen LogP contribution in [0.2, 0.25) is 0 Å². The number of rotatable bonds is 2. The van der Waals surface area contributed by atoms with Crippen molar-refractivity contribution in [2.24, 2.45) is 0 Å². The minimum absolute atomic E-state index is 0.0121. The maximum absolute atomic E-state index is 11.2. The Labute approximate surface area is 85.5 Å². The lowest BCUT2D eigenvalue weighted by Gasteiger charge is -2.04. The van der Waals surface area contributed by atoms with E-state index in [0.29, 0.717) is 0 Å². The number of hydrogen-bond donors (Lipinski definition) is 1. The number of carbonyl (C=O) groups excluding carboxylic acids is 1. The molecule has 63 valence electrons. The third kappa shape index (κ3) is 2.81. The first-order chi connectivity index (χ1) is 5.70. The average molecular weight is 274 g/mol. The molecule has 0 aliphatic heterocycles. The summed E-state index contributed by atoms with van der Waals surface area (Å²) in [5, 5.41) is 2.74. The molecule has 0 heterocycles. The van der Waals surface area contributed by atoms with E-state index in [2.05, 4.69) is 34.0 Å². The summed E-state index contributed by atoms with van der Waals surface area (Å²) in [5.74, 6) is 0.0121. The molecular weight excluding hydrogens is 265 g/mol. The van der Waals surface area contributed by atoms with Crippen molar-refractivity contribution < 1.29 is 4.79 Å². The van der Waals surface area contributed by atoms with Gasteiger partial charge in [-0.1, -0.05) is 40.8 Å². The van der Waals surface area contributed by atoms with Crippen LogP contribution in [0.4, 0.5) is 5.69 Å². The number of carbonyl (C=O) groups is 1. The van der Waals surface area contributed by atoms with E-state index in [4.69, 9.17) is 0 Å². The van der Waals surface area contributed by atoms with Gasteiger partial charge in [0.15, 0.2) is 0 Å². The minimum atomic E-state index is -0.0174. The van der Waals surface area contributed by atoms with Crippen molar-refractivity contribution in [2.75, 3.05) is 5.32 Å². The Balaban J connectivity index is 2.59. The smallest absolute Gasteiger partial charge is 0.237 e. The largest absolute Gasteiger partial charge is 0.325 e. The number of alkyl halides is 1. The Bertz CT molecular complexity index is 258. The molecule has 0 saturated heterocycles. The van der Waals surface area contributed by atoms with Crippen molar-refractivity contribution in [2.45, 2.75) is 10.8 Å². The van der Waals surface area contributed by atoms with Gasteiger partial charge in [0.2, 0.25) is 5.91 Å². The SMILES string of the molecule is CC(I)C(=O)Nc1[c]cccc1. The van der Waals surface area contributed by atoms with Crippen LogP contribution in [0.15, 0.2) is 24.3 Å². The van der Waals surface area contributed by atoms with Crippen LogP contribution in [0.25, 0.3) is 0 Å². The molecule has 0 aliphatic rings. The molecule has 1 unspecified atom stereocenters. The predicted molar refractivity (Wildman–Crippen MR) is 57.4 cm³/mol. The number of halogens is 1. The highest BCUT2D eigenvalue weighted by Gasteiger charge is 2.07. The van der Waals surface area contributed by atoms with Gasteiger partial charge in [-0.2, -0.15) is 0 Å². The normalized spacial score (nSPS) is 12.2. The number of hydrogen-bond acceptors (Lipinski definition) is 1. The van der Waals surface area contributed by atoms with Gasteiger partial charge in [0, 0.05) is 11.8 Å². The van der Waals surface area contributed by atoms with E-state index in [0.717, 1.165) is 5.69 Å². The van der Waals surface area contributed by atoms with Gasteiger partial charge >= 0.3 is 0 Å². The molecule has 12 heavy (non-hydrogen) atoms. The molecule has 1 rings (SSSR count).